The molecule has 1 heterocycles. The van der Waals surface area contributed by atoms with Gasteiger partial charge in [0.25, 0.3) is 0 Å². The van der Waals surface area contributed by atoms with Crippen LogP contribution in [-0.2, 0) is 4.74 Å². The summed E-state index contributed by atoms with van der Waals surface area (Å²) >= 11 is 0. The van der Waals surface area contributed by atoms with Crippen LogP contribution in [0, 0.1) is 11.7 Å². The lowest BCUT2D eigenvalue weighted by molar-refractivity contribution is 0.000654. The molecule has 0 radical (unpaired) electrons. The summed E-state index contributed by atoms with van der Waals surface area (Å²) in [6, 6.07) is 16.3. The molecule has 0 spiro atoms. The monoisotopic (exact) mass is 412 g/mol. The molecule has 30 heavy (non-hydrogen) atoms. The second-order valence-electron chi connectivity index (χ2n) is 8.45. The molecule has 0 saturated carbocycles. The summed E-state index contributed by atoms with van der Waals surface area (Å²) < 4.78 is 19.2. The van der Waals surface area contributed by atoms with E-state index in [9.17, 15) is 9.18 Å². The van der Waals surface area contributed by atoms with Crippen LogP contribution < -0.4 is 0 Å². The number of rotatable bonds is 10. The van der Waals surface area contributed by atoms with Crippen molar-refractivity contribution in [2.75, 3.05) is 45.9 Å². The molecule has 2 aromatic rings. The molecular weight excluding hydrogens is 379 g/mol. The molecule has 1 atom stereocenters. The molecule has 1 aliphatic rings. The van der Waals surface area contributed by atoms with Gasteiger partial charge in [-0.25, -0.2) is 4.39 Å². The number of hydrogen-bond acceptors (Lipinski definition) is 4. The molecule has 1 fully saturated rings. The largest absolute Gasteiger partial charge is 0.372 e. The Morgan fingerprint density at radius 1 is 0.967 bits per heavy atom. The molecule has 4 nitrogen and oxygen atoms in total. The van der Waals surface area contributed by atoms with Gasteiger partial charge in [0.05, 0.1) is 6.10 Å². The molecule has 5 heteroatoms. The Bertz CT molecular complexity index is 771. The van der Waals surface area contributed by atoms with Gasteiger partial charge in [-0.2, -0.15) is 0 Å². The predicted molar refractivity (Wildman–Crippen MR) is 118 cm³/mol. The number of nitrogens with zero attached hydrogens (tertiary/aromatic N) is 2. The number of Topliss-reactive ketones (excluding diaryl/α,β-unsaturated/α-hetero) is 1. The van der Waals surface area contributed by atoms with E-state index >= 15 is 0 Å². The maximum Gasteiger partial charge on any atom is 0.164 e. The number of ketones is 1. The molecule has 1 unspecified atom stereocenters. The molecule has 2 aromatic carbocycles. The number of piperazine rings is 1. The van der Waals surface area contributed by atoms with E-state index in [0.29, 0.717) is 17.9 Å². The van der Waals surface area contributed by atoms with E-state index in [1.165, 1.54) is 17.7 Å². The number of ether oxygens (including phenoxy) is 1. The standard InChI is InChI=1S/C25H33FN2O2/c1-20(2)19-30-25(22-6-4-3-5-7-22)18-28-16-14-27(15-17-28)13-12-24(29)21-8-10-23(26)11-9-21/h3-11,20,25H,12-19H2,1-2H3. The summed E-state index contributed by atoms with van der Waals surface area (Å²) in [5.74, 6) is 0.268. The summed E-state index contributed by atoms with van der Waals surface area (Å²) in [5, 5.41) is 0. The van der Waals surface area contributed by atoms with Gasteiger partial charge in [0.1, 0.15) is 5.82 Å². The highest BCUT2D eigenvalue weighted by molar-refractivity contribution is 5.96. The maximum atomic E-state index is 13.0. The highest BCUT2D eigenvalue weighted by Gasteiger charge is 2.22. The van der Waals surface area contributed by atoms with Crippen LogP contribution in [0.4, 0.5) is 4.39 Å². The topological polar surface area (TPSA) is 32.8 Å². The second kappa shape index (κ2) is 11.3. The van der Waals surface area contributed by atoms with Crippen LogP contribution in [0.2, 0.25) is 0 Å². The Morgan fingerprint density at radius 3 is 2.23 bits per heavy atom. The van der Waals surface area contributed by atoms with Crippen LogP contribution in [0.3, 0.4) is 0 Å². The average molecular weight is 413 g/mol. The van der Waals surface area contributed by atoms with Gasteiger partial charge in [-0.3, -0.25) is 9.69 Å². The fourth-order valence-corrected chi connectivity index (χ4v) is 3.70. The summed E-state index contributed by atoms with van der Waals surface area (Å²) in [5.41, 5.74) is 1.81. The zero-order chi connectivity index (χ0) is 21.3. The Kier molecular flexibility index (Phi) is 8.55. The quantitative estimate of drug-likeness (QED) is 0.541. The Hall–Kier alpha value is -2.08. The van der Waals surface area contributed by atoms with Crippen LogP contribution in [0.1, 0.15) is 42.3 Å². The van der Waals surface area contributed by atoms with Crippen molar-refractivity contribution in [3.05, 3.63) is 71.5 Å². The maximum absolute atomic E-state index is 13.0. The summed E-state index contributed by atoms with van der Waals surface area (Å²) in [7, 11) is 0. The Balaban J connectivity index is 1.45. The van der Waals surface area contributed by atoms with Gasteiger partial charge < -0.3 is 9.64 Å². The molecule has 162 valence electrons. The van der Waals surface area contributed by atoms with Gasteiger partial charge in [-0.1, -0.05) is 44.2 Å². The van der Waals surface area contributed by atoms with Crippen molar-refractivity contribution in [3.63, 3.8) is 0 Å². The fraction of sp³-hybridized carbons (Fsp3) is 0.480. The molecule has 1 aliphatic heterocycles. The first-order valence-corrected chi connectivity index (χ1v) is 10.9. The first-order chi connectivity index (χ1) is 14.5. The van der Waals surface area contributed by atoms with Gasteiger partial charge >= 0.3 is 0 Å². The van der Waals surface area contributed by atoms with Gasteiger partial charge in [0, 0.05) is 57.9 Å². The molecular formula is C25H33FN2O2. The van der Waals surface area contributed by atoms with Crippen LogP contribution in [0.25, 0.3) is 0 Å². The molecule has 0 bridgehead atoms. The van der Waals surface area contributed by atoms with Gasteiger partial charge in [-0.15, -0.1) is 0 Å². The van der Waals surface area contributed by atoms with Gasteiger partial charge in [0.2, 0.25) is 0 Å². The number of carbonyl (C=O) groups is 1. The number of carbonyl (C=O) groups excluding carboxylic acids is 1. The zero-order valence-electron chi connectivity index (χ0n) is 18.1. The lowest BCUT2D eigenvalue weighted by Gasteiger charge is -2.36. The zero-order valence-corrected chi connectivity index (χ0v) is 18.1. The number of hydrogen-bond donors (Lipinski definition) is 0. The second-order valence-corrected chi connectivity index (χ2v) is 8.45. The molecule has 0 amide bonds. The molecule has 1 saturated heterocycles. The van der Waals surface area contributed by atoms with Crippen molar-refractivity contribution >= 4 is 5.78 Å². The number of benzene rings is 2. The van der Waals surface area contributed by atoms with Crippen molar-refractivity contribution in [1.82, 2.24) is 9.80 Å². The number of halogens is 1. The average Bonchev–Trinajstić information content (AvgIpc) is 2.76. The molecule has 0 N–H and O–H groups in total. The van der Waals surface area contributed by atoms with E-state index in [4.69, 9.17) is 4.74 Å². The van der Waals surface area contributed by atoms with E-state index in [2.05, 4.69) is 47.9 Å². The minimum absolute atomic E-state index is 0.0728. The van der Waals surface area contributed by atoms with E-state index in [0.717, 1.165) is 45.9 Å². The van der Waals surface area contributed by atoms with Crippen LogP contribution in [0.15, 0.2) is 54.6 Å². The fourth-order valence-electron chi connectivity index (χ4n) is 3.70. The summed E-state index contributed by atoms with van der Waals surface area (Å²) in [6.45, 7) is 10.6. The Morgan fingerprint density at radius 2 is 1.60 bits per heavy atom. The summed E-state index contributed by atoms with van der Waals surface area (Å²) in [6.07, 6.45) is 0.552. The van der Waals surface area contributed by atoms with E-state index in [-0.39, 0.29) is 17.7 Å². The lowest BCUT2D eigenvalue weighted by Crippen LogP contribution is -2.48. The van der Waals surface area contributed by atoms with E-state index < -0.39 is 0 Å². The van der Waals surface area contributed by atoms with Crippen LogP contribution in [-0.4, -0.2) is 61.5 Å². The van der Waals surface area contributed by atoms with Crippen LogP contribution >= 0.6 is 0 Å². The van der Waals surface area contributed by atoms with Crippen molar-refractivity contribution in [1.29, 1.82) is 0 Å². The van der Waals surface area contributed by atoms with Crippen molar-refractivity contribution < 1.29 is 13.9 Å². The Labute approximate surface area is 179 Å². The van der Waals surface area contributed by atoms with Gasteiger partial charge in [-0.05, 0) is 35.7 Å². The lowest BCUT2D eigenvalue weighted by atomic mass is 10.1. The predicted octanol–water partition coefficient (Wildman–Crippen LogP) is 4.43. The highest BCUT2D eigenvalue weighted by atomic mass is 19.1. The molecule has 0 aromatic heterocycles. The first kappa shape index (κ1) is 22.6. The van der Waals surface area contributed by atoms with Crippen molar-refractivity contribution in [2.45, 2.75) is 26.4 Å². The summed E-state index contributed by atoms with van der Waals surface area (Å²) in [4.78, 5) is 17.1. The minimum Gasteiger partial charge on any atom is -0.372 e. The minimum atomic E-state index is -0.311. The van der Waals surface area contributed by atoms with Crippen LogP contribution in [0.5, 0.6) is 0 Å². The van der Waals surface area contributed by atoms with Crippen molar-refractivity contribution in [2.24, 2.45) is 5.92 Å². The molecule has 3 rings (SSSR count). The smallest absolute Gasteiger partial charge is 0.164 e. The SMILES string of the molecule is CC(C)COC(CN1CCN(CCC(=O)c2ccc(F)cc2)CC1)c1ccccc1. The third-order valence-electron chi connectivity index (χ3n) is 5.51. The van der Waals surface area contributed by atoms with E-state index in [1.54, 1.807) is 12.1 Å². The first-order valence-electron chi connectivity index (χ1n) is 10.9. The van der Waals surface area contributed by atoms with Crippen molar-refractivity contribution in [3.8, 4) is 0 Å². The highest BCUT2D eigenvalue weighted by Crippen LogP contribution is 2.20. The third-order valence-corrected chi connectivity index (χ3v) is 5.51. The third kappa shape index (κ3) is 7.01. The van der Waals surface area contributed by atoms with Gasteiger partial charge in [0.15, 0.2) is 5.78 Å². The van der Waals surface area contributed by atoms with E-state index in [1.807, 2.05) is 6.07 Å². The normalized spacial score (nSPS) is 16.7. The molecule has 0 aliphatic carbocycles.